The minimum atomic E-state index is 0.388. The van der Waals surface area contributed by atoms with E-state index in [2.05, 4.69) is 52.9 Å². The lowest BCUT2D eigenvalue weighted by Gasteiger charge is -2.27. The molecule has 2 heterocycles. The molecule has 1 atom stereocenters. The van der Waals surface area contributed by atoms with Crippen molar-refractivity contribution in [2.24, 2.45) is 0 Å². The molecule has 5 rings (SSSR count). The molecule has 8 nitrogen and oxygen atoms in total. The van der Waals surface area contributed by atoms with Crippen LogP contribution in [0.4, 0.5) is 0 Å². The predicted molar refractivity (Wildman–Crippen MR) is 172 cm³/mol. The Morgan fingerprint density at radius 1 is 0.976 bits per heavy atom. The Hall–Kier alpha value is -4.14. The maximum absolute atomic E-state index is 8.76. The molecule has 3 aromatic carbocycles. The summed E-state index contributed by atoms with van der Waals surface area (Å²) < 4.78 is 10.9. The second-order valence-corrected chi connectivity index (χ2v) is 10.6. The fourth-order valence-electron chi connectivity index (χ4n) is 5.16. The van der Waals surface area contributed by atoms with Gasteiger partial charge in [-0.3, -0.25) is 10.8 Å². The summed E-state index contributed by atoms with van der Waals surface area (Å²) in [7, 11) is 3.26. The molecule has 5 N–H and O–H groups in total. The number of rotatable bonds is 11. The summed E-state index contributed by atoms with van der Waals surface area (Å²) in [6, 6.07) is 24.6. The van der Waals surface area contributed by atoms with E-state index in [1.165, 1.54) is 34.9 Å². The van der Waals surface area contributed by atoms with Gasteiger partial charge in [-0.2, -0.15) is 0 Å². The molecule has 4 aromatic rings. The number of methoxy groups -OCH3 is 2. The van der Waals surface area contributed by atoms with E-state index in [0.29, 0.717) is 43.0 Å². The number of hydrogen-bond donors (Lipinski definition) is 5. The van der Waals surface area contributed by atoms with Gasteiger partial charge in [0.25, 0.3) is 0 Å². The van der Waals surface area contributed by atoms with E-state index >= 15 is 0 Å². The zero-order valence-corrected chi connectivity index (χ0v) is 25.0. The summed E-state index contributed by atoms with van der Waals surface area (Å²) in [6.07, 6.45) is 5.74. The van der Waals surface area contributed by atoms with Crippen molar-refractivity contribution in [3.63, 3.8) is 0 Å². The number of aromatic amines is 1. The third kappa shape index (κ3) is 8.68. The van der Waals surface area contributed by atoms with E-state index in [4.69, 9.17) is 20.3 Å². The van der Waals surface area contributed by atoms with Crippen LogP contribution in [0.2, 0.25) is 0 Å². The second-order valence-electron chi connectivity index (χ2n) is 10.6. The molecule has 1 saturated heterocycles. The number of H-pyrrole nitrogens is 1. The van der Waals surface area contributed by atoms with Crippen LogP contribution in [0.15, 0.2) is 79.0 Å². The van der Waals surface area contributed by atoms with Crippen LogP contribution in [0.5, 0.6) is 11.5 Å². The van der Waals surface area contributed by atoms with Gasteiger partial charge in [-0.05, 0) is 62.1 Å². The van der Waals surface area contributed by atoms with E-state index < -0.39 is 0 Å². The van der Waals surface area contributed by atoms with Gasteiger partial charge in [0.2, 0.25) is 0 Å². The van der Waals surface area contributed by atoms with Crippen molar-refractivity contribution >= 4 is 22.6 Å². The minimum Gasteiger partial charge on any atom is -0.497 e. The van der Waals surface area contributed by atoms with Crippen LogP contribution in [0.3, 0.4) is 0 Å². The molecule has 1 fully saturated rings. The highest BCUT2D eigenvalue weighted by atomic mass is 16.5. The van der Waals surface area contributed by atoms with E-state index in [0.717, 1.165) is 30.8 Å². The van der Waals surface area contributed by atoms with Gasteiger partial charge in [-0.15, -0.1) is 0 Å². The number of ether oxygens (including phenoxy) is 2. The number of aromatic nitrogens is 1. The average Bonchev–Trinajstić information content (AvgIpc) is 3.69. The molecule has 1 aliphatic rings. The maximum Gasteiger partial charge on any atom is 0.127 e. The third-order valence-electron chi connectivity index (χ3n) is 7.61. The van der Waals surface area contributed by atoms with E-state index in [9.17, 15) is 0 Å². The Balaban J connectivity index is 0.000000337. The van der Waals surface area contributed by atoms with Gasteiger partial charge in [0.1, 0.15) is 23.2 Å². The second kappa shape index (κ2) is 15.7. The number of nitrogens with zero attached hydrogens (tertiary/aromatic N) is 1. The first-order valence-electron chi connectivity index (χ1n) is 14.6. The number of fused-ring (bicyclic) bond motifs is 1. The minimum absolute atomic E-state index is 0.388. The van der Waals surface area contributed by atoms with Crippen LogP contribution in [-0.4, -0.2) is 61.5 Å². The van der Waals surface area contributed by atoms with Crippen molar-refractivity contribution < 1.29 is 9.47 Å². The number of para-hydroxylation sites is 1. The first kappa shape index (κ1) is 30.8. The lowest BCUT2D eigenvalue weighted by molar-refractivity contribution is 0.387. The lowest BCUT2D eigenvalue weighted by Crippen LogP contribution is -2.43. The number of nitrogens with one attached hydrogen (secondary N) is 5. The van der Waals surface area contributed by atoms with E-state index in [1.54, 1.807) is 19.1 Å². The molecule has 0 aliphatic carbocycles. The molecule has 0 spiro atoms. The number of amidine groups is 2. The summed E-state index contributed by atoms with van der Waals surface area (Å²) in [6.45, 7) is 4.84. The first-order valence-corrected chi connectivity index (χ1v) is 14.6. The molecule has 0 saturated carbocycles. The number of benzene rings is 3. The zero-order valence-electron chi connectivity index (χ0n) is 25.0. The third-order valence-corrected chi connectivity index (χ3v) is 7.61. The molecule has 1 unspecified atom stereocenters. The first-order chi connectivity index (χ1) is 20.5. The number of aryl methyl sites for hydroxylation is 2. The van der Waals surface area contributed by atoms with Gasteiger partial charge in [-0.1, -0.05) is 48.5 Å². The molecule has 222 valence electrons. The van der Waals surface area contributed by atoms with Crippen molar-refractivity contribution in [1.82, 2.24) is 20.5 Å². The Kier molecular flexibility index (Phi) is 11.6. The van der Waals surface area contributed by atoms with Gasteiger partial charge in [0, 0.05) is 47.7 Å². The highest BCUT2D eigenvalue weighted by Crippen LogP contribution is 2.26. The van der Waals surface area contributed by atoms with E-state index in [1.807, 2.05) is 48.7 Å². The lowest BCUT2D eigenvalue weighted by atomic mass is 10.1. The molecular formula is C34H44N6O2. The van der Waals surface area contributed by atoms with Gasteiger partial charge in [0.15, 0.2) is 0 Å². The Morgan fingerprint density at radius 2 is 1.76 bits per heavy atom. The normalized spacial score (nSPS) is 14.2. The highest BCUT2D eigenvalue weighted by Gasteiger charge is 2.19. The van der Waals surface area contributed by atoms with Crippen LogP contribution in [0.1, 0.15) is 36.0 Å². The molecule has 0 bridgehead atoms. The Morgan fingerprint density at radius 3 is 2.48 bits per heavy atom. The van der Waals surface area contributed by atoms with Gasteiger partial charge in [0.05, 0.1) is 27.3 Å². The SMILES string of the molecule is COc1ccc(CN(C(=N)CCc2ccccc2)C(=N)CNCC2CCCN2)c(OC)c1.Cc1c[nH]c2ccccc12. The standard InChI is InChI=1S/C25H35N5O2.C9H9N/c1-31-22-12-11-20(23(15-22)32-2)18-30(24(26)13-10-19-7-4-3-5-8-19)25(27)17-28-16-21-9-6-14-29-21;1-7-6-10-9-5-3-2-4-8(7)9/h3-5,7-8,11-12,15,21,26-29H,6,9-10,13-14,16-18H2,1-2H3;2-6,10H,1H3. The Bertz CT molecular complexity index is 1430. The maximum atomic E-state index is 8.76. The number of hydrogen-bond acceptors (Lipinski definition) is 6. The van der Waals surface area contributed by atoms with Crippen LogP contribution < -0.4 is 20.1 Å². The topological polar surface area (TPSA) is 109 Å². The highest BCUT2D eigenvalue weighted by molar-refractivity contribution is 5.99. The van der Waals surface area contributed by atoms with Crippen molar-refractivity contribution in [3.8, 4) is 11.5 Å². The van der Waals surface area contributed by atoms with Crippen LogP contribution in [0.25, 0.3) is 10.9 Å². The van der Waals surface area contributed by atoms with Gasteiger partial charge in [-0.25, -0.2) is 0 Å². The van der Waals surface area contributed by atoms with Gasteiger partial charge >= 0.3 is 0 Å². The molecule has 1 aromatic heterocycles. The summed E-state index contributed by atoms with van der Waals surface area (Å²) in [5.74, 6) is 2.23. The van der Waals surface area contributed by atoms with Gasteiger partial charge < -0.3 is 30.0 Å². The largest absolute Gasteiger partial charge is 0.497 e. The quantitative estimate of drug-likeness (QED) is 0.114. The summed E-state index contributed by atoms with van der Waals surface area (Å²) >= 11 is 0. The average molecular weight is 569 g/mol. The monoisotopic (exact) mass is 568 g/mol. The van der Waals surface area contributed by atoms with Crippen LogP contribution in [0, 0.1) is 17.7 Å². The molecule has 1 aliphatic heterocycles. The molecular weight excluding hydrogens is 524 g/mol. The zero-order chi connectivity index (χ0) is 29.7. The summed E-state index contributed by atoms with van der Waals surface area (Å²) in [4.78, 5) is 4.97. The molecule has 8 heteroatoms. The fraction of sp³-hybridized carbons (Fsp3) is 0.353. The summed E-state index contributed by atoms with van der Waals surface area (Å²) in [5.41, 5.74) is 4.65. The fourth-order valence-corrected chi connectivity index (χ4v) is 5.16. The van der Waals surface area contributed by atoms with E-state index in [-0.39, 0.29) is 0 Å². The van der Waals surface area contributed by atoms with Crippen LogP contribution in [-0.2, 0) is 13.0 Å². The molecule has 0 radical (unpaired) electrons. The van der Waals surface area contributed by atoms with Crippen molar-refractivity contribution in [1.29, 1.82) is 10.8 Å². The van der Waals surface area contributed by atoms with Crippen molar-refractivity contribution in [2.45, 2.75) is 45.2 Å². The molecule has 42 heavy (non-hydrogen) atoms. The predicted octanol–water partition coefficient (Wildman–Crippen LogP) is 5.91. The van der Waals surface area contributed by atoms with Crippen molar-refractivity contribution in [3.05, 3.63) is 95.7 Å². The summed E-state index contributed by atoms with van der Waals surface area (Å²) in [5, 5.41) is 25.7. The van der Waals surface area contributed by atoms with Crippen molar-refractivity contribution in [2.75, 3.05) is 33.9 Å². The van der Waals surface area contributed by atoms with Crippen LogP contribution >= 0.6 is 0 Å². The molecule has 0 amide bonds. The Labute approximate surface area is 249 Å². The smallest absolute Gasteiger partial charge is 0.127 e.